The molecule has 1 nitrogen and oxygen atoms in total. The summed E-state index contributed by atoms with van der Waals surface area (Å²) in [5.41, 5.74) is 1.56. The van der Waals surface area contributed by atoms with Gasteiger partial charge in [0, 0.05) is 11.3 Å². The van der Waals surface area contributed by atoms with Crippen LogP contribution in [0.1, 0.15) is 24.5 Å². The van der Waals surface area contributed by atoms with E-state index in [1.807, 2.05) is 24.3 Å². The number of benzene rings is 1. The fourth-order valence-corrected chi connectivity index (χ4v) is 1.75. The zero-order valence-corrected chi connectivity index (χ0v) is 7.70. The maximum absolute atomic E-state index is 13.5. The Morgan fingerprint density at radius 1 is 1.21 bits per heavy atom. The lowest BCUT2D eigenvalue weighted by atomic mass is 10.1. The largest absolute Gasteiger partial charge is 0.249 e. The van der Waals surface area contributed by atoms with E-state index in [4.69, 9.17) is 0 Å². The van der Waals surface area contributed by atoms with Crippen LogP contribution in [0.25, 0.3) is 10.9 Å². The number of fused-ring (bicyclic) bond motifs is 1. The molecule has 0 aliphatic heterocycles. The van der Waals surface area contributed by atoms with Gasteiger partial charge in [-0.3, -0.25) is 0 Å². The first-order valence-corrected chi connectivity index (χ1v) is 4.90. The van der Waals surface area contributed by atoms with Crippen LogP contribution in [0, 0.1) is 5.82 Å². The SMILES string of the molecule is Fc1cc2ccccc2nc1C1CC1. The molecule has 1 aliphatic rings. The molecule has 2 heteroatoms. The van der Waals surface area contributed by atoms with Crippen molar-refractivity contribution in [1.82, 2.24) is 4.98 Å². The Labute approximate surface area is 81.6 Å². The highest BCUT2D eigenvalue weighted by Gasteiger charge is 2.28. The first kappa shape index (κ1) is 7.92. The topological polar surface area (TPSA) is 12.9 Å². The van der Waals surface area contributed by atoms with Crippen molar-refractivity contribution in [3.63, 3.8) is 0 Å². The summed E-state index contributed by atoms with van der Waals surface area (Å²) in [6, 6.07) is 9.25. The van der Waals surface area contributed by atoms with Crippen molar-refractivity contribution in [1.29, 1.82) is 0 Å². The van der Waals surface area contributed by atoms with Gasteiger partial charge in [0.1, 0.15) is 5.82 Å². The third-order valence-corrected chi connectivity index (χ3v) is 2.67. The van der Waals surface area contributed by atoms with Gasteiger partial charge in [-0.2, -0.15) is 0 Å². The van der Waals surface area contributed by atoms with Crippen LogP contribution in [0.5, 0.6) is 0 Å². The summed E-state index contributed by atoms with van der Waals surface area (Å²) >= 11 is 0. The average molecular weight is 187 g/mol. The summed E-state index contributed by atoms with van der Waals surface area (Å²) in [4.78, 5) is 4.36. The monoisotopic (exact) mass is 187 g/mol. The molecule has 1 fully saturated rings. The van der Waals surface area contributed by atoms with Gasteiger partial charge in [-0.1, -0.05) is 18.2 Å². The summed E-state index contributed by atoms with van der Waals surface area (Å²) in [5, 5.41) is 0.884. The van der Waals surface area contributed by atoms with Crippen LogP contribution in [-0.2, 0) is 0 Å². The van der Waals surface area contributed by atoms with E-state index in [1.165, 1.54) is 0 Å². The third-order valence-electron chi connectivity index (χ3n) is 2.67. The molecule has 0 spiro atoms. The quantitative estimate of drug-likeness (QED) is 0.667. The highest BCUT2D eigenvalue weighted by Crippen LogP contribution is 2.40. The molecule has 1 saturated carbocycles. The van der Waals surface area contributed by atoms with Crippen LogP contribution in [0.15, 0.2) is 30.3 Å². The first-order chi connectivity index (χ1) is 6.84. The molecule has 0 saturated heterocycles. The number of halogens is 1. The molecule has 0 atom stereocenters. The summed E-state index contributed by atoms with van der Waals surface area (Å²) in [7, 11) is 0. The fourth-order valence-electron chi connectivity index (χ4n) is 1.75. The Hall–Kier alpha value is -1.44. The van der Waals surface area contributed by atoms with Gasteiger partial charge in [0.2, 0.25) is 0 Å². The molecule has 0 radical (unpaired) electrons. The molecule has 14 heavy (non-hydrogen) atoms. The zero-order valence-electron chi connectivity index (χ0n) is 7.70. The van der Waals surface area contributed by atoms with Gasteiger partial charge in [0.25, 0.3) is 0 Å². The average Bonchev–Trinajstić information content (AvgIpc) is 3.00. The fraction of sp³-hybridized carbons (Fsp3) is 0.250. The first-order valence-electron chi connectivity index (χ1n) is 4.90. The van der Waals surface area contributed by atoms with Gasteiger partial charge < -0.3 is 0 Å². The number of para-hydroxylation sites is 1. The highest BCUT2D eigenvalue weighted by atomic mass is 19.1. The lowest BCUT2D eigenvalue weighted by Gasteiger charge is -2.02. The van der Waals surface area contributed by atoms with Crippen LogP contribution in [0.3, 0.4) is 0 Å². The van der Waals surface area contributed by atoms with Crippen molar-refractivity contribution in [2.45, 2.75) is 18.8 Å². The molecule has 70 valence electrons. The summed E-state index contributed by atoms with van der Waals surface area (Å²) < 4.78 is 13.5. The lowest BCUT2D eigenvalue weighted by molar-refractivity contribution is 0.603. The van der Waals surface area contributed by atoms with Crippen molar-refractivity contribution >= 4 is 10.9 Å². The van der Waals surface area contributed by atoms with Crippen molar-refractivity contribution in [2.75, 3.05) is 0 Å². The predicted molar refractivity (Wildman–Crippen MR) is 53.7 cm³/mol. The van der Waals surface area contributed by atoms with Gasteiger partial charge in [-0.15, -0.1) is 0 Å². The number of nitrogens with zero attached hydrogens (tertiary/aromatic N) is 1. The minimum atomic E-state index is -0.147. The highest BCUT2D eigenvalue weighted by molar-refractivity contribution is 5.78. The van der Waals surface area contributed by atoms with Crippen molar-refractivity contribution in [3.05, 3.63) is 41.8 Å². The van der Waals surface area contributed by atoms with Gasteiger partial charge >= 0.3 is 0 Å². The van der Waals surface area contributed by atoms with Crippen molar-refractivity contribution in [2.24, 2.45) is 0 Å². The maximum Gasteiger partial charge on any atom is 0.145 e. The molecule has 0 N–H and O–H groups in total. The van der Waals surface area contributed by atoms with Crippen molar-refractivity contribution < 1.29 is 4.39 Å². The second kappa shape index (κ2) is 2.77. The van der Waals surface area contributed by atoms with E-state index in [9.17, 15) is 4.39 Å². The second-order valence-electron chi connectivity index (χ2n) is 3.82. The zero-order chi connectivity index (χ0) is 9.54. The van der Waals surface area contributed by atoms with Crippen LogP contribution < -0.4 is 0 Å². The lowest BCUT2D eigenvalue weighted by Crippen LogP contribution is -1.93. The second-order valence-corrected chi connectivity index (χ2v) is 3.82. The number of hydrogen-bond acceptors (Lipinski definition) is 1. The molecule has 0 unspecified atom stereocenters. The molecule has 2 aromatic rings. The Morgan fingerprint density at radius 3 is 2.79 bits per heavy atom. The van der Waals surface area contributed by atoms with Crippen molar-refractivity contribution in [3.8, 4) is 0 Å². The van der Waals surface area contributed by atoms with Crippen LogP contribution >= 0.6 is 0 Å². The van der Waals surface area contributed by atoms with Gasteiger partial charge in [-0.05, 0) is 25.0 Å². The number of rotatable bonds is 1. The van der Waals surface area contributed by atoms with Gasteiger partial charge in [-0.25, -0.2) is 9.37 Å². The molecule has 3 rings (SSSR count). The Bertz CT molecular complexity index is 489. The Kier molecular flexibility index (Phi) is 1.57. The predicted octanol–water partition coefficient (Wildman–Crippen LogP) is 3.25. The van der Waals surface area contributed by atoms with E-state index >= 15 is 0 Å². The minimum Gasteiger partial charge on any atom is -0.249 e. The third kappa shape index (κ3) is 1.18. The van der Waals surface area contributed by atoms with E-state index in [0.717, 1.165) is 23.7 Å². The summed E-state index contributed by atoms with van der Waals surface area (Å²) in [6.07, 6.45) is 2.17. The molecule has 1 aromatic heterocycles. The van der Waals surface area contributed by atoms with E-state index in [1.54, 1.807) is 6.07 Å². The number of hydrogen-bond donors (Lipinski definition) is 0. The number of pyridine rings is 1. The Balaban J connectivity index is 2.26. The Morgan fingerprint density at radius 2 is 2.00 bits per heavy atom. The molecule has 0 amide bonds. The number of aromatic nitrogens is 1. The molecule has 1 aliphatic carbocycles. The normalized spacial score (nSPS) is 16.1. The molecule has 0 bridgehead atoms. The summed E-state index contributed by atoms with van der Waals surface area (Å²) in [6.45, 7) is 0. The summed E-state index contributed by atoms with van der Waals surface area (Å²) in [5.74, 6) is 0.228. The van der Waals surface area contributed by atoms with E-state index < -0.39 is 0 Å². The van der Waals surface area contributed by atoms with Crippen LogP contribution in [-0.4, -0.2) is 4.98 Å². The van der Waals surface area contributed by atoms with E-state index in [2.05, 4.69) is 4.98 Å². The standard InChI is InChI=1S/C12H10FN/c13-10-7-9-3-1-2-4-11(9)14-12(10)8-5-6-8/h1-4,7-8H,5-6H2. The smallest absolute Gasteiger partial charge is 0.145 e. The molecular formula is C12H10FN. The van der Waals surface area contributed by atoms with Gasteiger partial charge in [0.05, 0.1) is 11.2 Å². The van der Waals surface area contributed by atoms with Crippen LogP contribution in [0.4, 0.5) is 4.39 Å². The molecular weight excluding hydrogens is 177 g/mol. The molecule has 1 heterocycles. The van der Waals surface area contributed by atoms with E-state index in [0.29, 0.717) is 11.6 Å². The van der Waals surface area contributed by atoms with Gasteiger partial charge in [0.15, 0.2) is 0 Å². The maximum atomic E-state index is 13.5. The minimum absolute atomic E-state index is 0.147. The van der Waals surface area contributed by atoms with E-state index in [-0.39, 0.29) is 5.82 Å². The molecule has 1 aromatic carbocycles. The van der Waals surface area contributed by atoms with Crippen LogP contribution in [0.2, 0.25) is 0 Å².